The van der Waals surface area contributed by atoms with Crippen molar-refractivity contribution < 1.29 is 14.0 Å². The molecule has 0 aliphatic heterocycles. The molecule has 27 heavy (non-hydrogen) atoms. The molecule has 0 saturated carbocycles. The van der Waals surface area contributed by atoms with Gasteiger partial charge in [0, 0.05) is 13.1 Å². The standard InChI is InChI=1S/C22H38N2O3/c1-5-9-11-17(7-3)15-23-21(25)19-13-14-20(27-19)22(26)24-16-18(8-4)12-10-6-2/h13-14,17-18H,5-12,15-16H2,1-4H3,(H,23,25)(H,24,26). The highest BCUT2D eigenvalue weighted by Crippen LogP contribution is 2.14. The Morgan fingerprint density at radius 1 is 0.815 bits per heavy atom. The number of amides is 2. The summed E-state index contributed by atoms with van der Waals surface area (Å²) in [5.74, 6) is 0.866. The molecule has 5 nitrogen and oxygen atoms in total. The molecular weight excluding hydrogens is 340 g/mol. The van der Waals surface area contributed by atoms with E-state index in [9.17, 15) is 9.59 Å². The van der Waals surface area contributed by atoms with Crippen LogP contribution >= 0.6 is 0 Å². The molecule has 0 radical (unpaired) electrons. The average molecular weight is 379 g/mol. The Morgan fingerprint density at radius 3 is 1.56 bits per heavy atom. The Labute approximate surface area is 164 Å². The molecule has 5 heteroatoms. The topological polar surface area (TPSA) is 71.3 Å². The van der Waals surface area contributed by atoms with E-state index in [1.54, 1.807) is 12.1 Å². The highest BCUT2D eigenvalue weighted by atomic mass is 16.4. The van der Waals surface area contributed by atoms with E-state index in [1.165, 1.54) is 25.7 Å². The predicted molar refractivity (Wildman–Crippen MR) is 110 cm³/mol. The predicted octanol–water partition coefficient (Wildman–Crippen LogP) is 5.17. The second-order valence-corrected chi connectivity index (χ2v) is 7.42. The number of hydrogen-bond donors (Lipinski definition) is 2. The summed E-state index contributed by atoms with van der Waals surface area (Å²) in [4.78, 5) is 24.5. The van der Waals surface area contributed by atoms with Crippen LogP contribution in [0, 0.1) is 11.8 Å². The molecule has 0 spiro atoms. The number of hydrogen-bond acceptors (Lipinski definition) is 3. The fraction of sp³-hybridized carbons (Fsp3) is 0.727. The van der Waals surface area contributed by atoms with E-state index in [0.717, 1.165) is 25.7 Å². The second kappa shape index (κ2) is 13.4. The Hall–Kier alpha value is -1.78. The maximum Gasteiger partial charge on any atom is 0.287 e. The molecule has 0 bridgehead atoms. The fourth-order valence-electron chi connectivity index (χ4n) is 3.12. The van der Waals surface area contributed by atoms with Gasteiger partial charge in [-0.25, -0.2) is 0 Å². The van der Waals surface area contributed by atoms with Gasteiger partial charge in [-0.3, -0.25) is 9.59 Å². The van der Waals surface area contributed by atoms with Gasteiger partial charge in [-0.2, -0.15) is 0 Å². The lowest BCUT2D eigenvalue weighted by atomic mass is 9.99. The van der Waals surface area contributed by atoms with Crippen molar-refractivity contribution in [2.45, 2.75) is 79.1 Å². The molecule has 0 fully saturated rings. The number of carbonyl (C=O) groups excluding carboxylic acids is 2. The van der Waals surface area contributed by atoms with Crippen molar-refractivity contribution in [1.29, 1.82) is 0 Å². The fourth-order valence-corrected chi connectivity index (χ4v) is 3.12. The molecular formula is C22H38N2O3. The van der Waals surface area contributed by atoms with Crippen LogP contribution in [0.4, 0.5) is 0 Å². The Bertz CT molecular complexity index is 507. The summed E-state index contributed by atoms with van der Waals surface area (Å²) >= 11 is 0. The Kier molecular flexibility index (Phi) is 11.5. The molecule has 0 aliphatic rings. The van der Waals surface area contributed by atoms with Crippen LogP contribution in [0.15, 0.2) is 16.5 Å². The monoisotopic (exact) mass is 378 g/mol. The van der Waals surface area contributed by atoms with Gasteiger partial charge in [0.2, 0.25) is 0 Å². The van der Waals surface area contributed by atoms with Gasteiger partial charge in [0.15, 0.2) is 11.5 Å². The van der Waals surface area contributed by atoms with Crippen LogP contribution in [0.3, 0.4) is 0 Å². The van der Waals surface area contributed by atoms with Crippen LogP contribution < -0.4 is 10.6 Å². The first-order valence-corrected chi connectivity index (χ1v) is 10.7. The van der Waals surface area contributed by atoms with E-state index in [0.29, 0.717) is 24.9 Å². The minimum Gasteiger partial charge on any atom is -0.446 e. The van der Waals surface area contributed by atoms with Crippen LogP contribution in [0.5, 0.6) is 0 Å². The second-order valence-electron chi connectivity index (χ2n) is 7.42. The van der Waals surface area contributed by atoms with Crippen LogP contribution in [0.1, 0.15) is 100 Å². The maximum absolute atomic E-state index is 12.3. The summed E-state index contributed by atoms with van der Waals surface area (Å²) in [6, 6.07) is 3.15. The average Bonchev–Trinajstić information content (AvgIpc) is 3.18. The Balaban J connectivity index is 2.48. The molecule has 1 aromatic rings. The lowest BCUT2D eigenvalue weighted by molar-refractivity contribution is 0.0893. The van der Waals surface area contributed by atoms with Gasteiger partial charge in [-0.15, -0.1) is 0 Å². The zero-order valence-electron chi connectivity index (χ0n) is 17.6. The van der Waals surface area contributed by atoms with Gasteiger partial charge in [-0.05, 0) is 36.8 Å². The Morgan fingerprint density at radius 2 is 1.22 bits per heavy atom. The summed E-state index contributed by atoms with van der Waals surface area (Å²) in [6.07, 6.45) is 9.01. The van der Waals surface area contributed by atoms with E-state index in [2.05, 4.69) is 38.3 Å². The van der Waals surface area contributed by atoms with Crippen molar-refractivity contribution in [3.8, 4) is 0 Å². The molecule has 1 rings (SSSR count). The smallest absolute Gasteiger partial charge is 0.287 e. The minimum absolute atomic E-state index is 0.198. The van der Waals surface area contributed by atoms with Gasteiger partial charge < -0.3 is 15.1 Å². The third-order valence-electron chi connectivity index (χ3n) is 5.24. The quantitative estimate of drug-likeness (QED) is 0.469. The van der Waals surface area contributed by atoms with E-state index >= 15 is 0 Å². The van der Waals surface area contributed by atoms with Gasteiger partial charge >= 0.3 is 0 Å². The van der Waals surface area contributed by atoms with Crippen LogP contribution in [0.25, 0.3) is 0 Å². The number of furan rings is 1. The van der Waals surface area contributed by atoms with Crippen LogP contribution in [0.2, 0.25) is 0 Å². The van der Waals surface area contributed by atoms with Crippen molar-refractivity contribution in [1.82, 2.24) is 10.6 Å². The van der Waals surface area contributed by atoms with Crippen LogP contribution in [-0.4, -0.2) is 24.9 Å². The number of nitrogens with one attached hydrogen (secondary N) is 2. The van der Waals surface area contributed by atoms with Crippen molar-refractivity contribution in [2.75, 3.05) is 13.1 Å². The molecule has 2 unspecified atom stereocenters. The zero-order valence-corrected chi connectivity index (χ0v) is 17.6. The third-order valence-corrected chi connectivity index (χ3v) is 5.24. The van der Waals surface area contributed by atoms with Gasteiger partial charge in [0.05, 0.1) is 0 Å². The summed E-state index contributed by atoms with van der Waals surface area (Å²) in [5, 5.41) is 5.86. The molecule has 1 heterocycles. The van der Waals surface area contributed by atoms with E-state index in [4.69, 9.17) is 4.42 Å². The van der Waals surface area contributed by atoms with Crippen molar-refractivity contribution in [3.63, 3.8) is 0 Å². The van der Waals surface area contributed by atoms with Crippen molar-refractivity contribution >= 4 is 11.8 Å². The normalized spacial score (nSPS) is 13.2. The summed E-state index contributed by atoms with van der Waals surface area (Å²) in [5.41, 5.74) is 0. The first-order valence-electron chi connectivity index (χ1n) is 10.7. The third kappa shape index (κ3) is 8.63. The molecule has 1 aromatic heterocycles. The van der Waals surface area contributed by atoms with Crippen molar-refractivity contribution in [3.05, 3.63) is 23.7 Å². The highest BCUT2D eigenvalue weighted by molar-refractivity contribution is 5.95. The van der Waals surface area contributed by atoms with Crippen molar-refractivity contribution in [2.24, 2.45) is 11.8 Å². The van der Waals surface area contributed by atoms with Gasteiger partial charge in [-0.1, -0.05) is 66.2 Å². The first kappa shape index (κ1) is 23.3. The largest absolute Gasteiger partial charge is 0.446 e. The molecule has 0 aliphatic carbocycles. The molecule has 2 N–H and O–H groups in total. The molecule has 2 atom stereocenters. The molecule has 0 saturated heterocycles. The first-order chi connectivity index (χ1) is 13.0. The van der Waals surface area contributed by atoms with E-state index in [-0.39, 0.29) is 23.3 Å². The van der Waals surface area contributed by atoms with Gasteiger partial charge in [0.25, 0.3) is 11.8 Å². The van der Waals surface area contributed by atoms with Crippen LogP contribution in [-0.2, 0) is 0 Å². The number of carbonyl (C=O) groups is 2. The van der Waals surface area contributed by atoms with E-state index in [1.807, 2.05) is 0 Å². The molecule has 154 valence electrons. The zero-order chi connectivity index (χ0) is 20.1. The molecule has 0 aromatic carbocycles. The van der Waals surface area contributed by atoms with Gasteiger partial charge in [0.1, 0.15) is 0 Å². The highest BCUT2D eigenvalue weighted by Gasteiger charge is 2.17. The number of rotatable bonds is 14. The van der Waals surface area contributed by atoms with E-state index < -0.39 is 0 Å². The summed E-state index contributed by atoms with van der Waals surface area (Å²) in [6.45, 7) is 9.93. The lowest BCUT2D eigenvalue weighted by Gasteiger charge is -2.15. The SMILES string of the molecule is CCCCC(CC)CNC(=O)c1ccc(C(=O)NCC(CC)CCCC)o1. The maximum atomic E-state index is 12.3. The lowest BCUT2D eigenvalue weighted by Crippen LogP contribution is -2.29. The number of unbranched alkanes of at least 4 members (excludes halogenated alkanes) is 2. The summed E-state index contributed by atoms with van der Waals surface area (Å²) < 4.78 is 5.48. The molecule has 2 amide bonds. The minimum atomic E-state index is -0.252. The summed E-state index contributed by atoms with van der Waals surface area (Å²) in [7, 11) is 0.